The van der Waals surface area contributed by atoms with Gasteiger partial charge in [0, 0.05) is 18.3 Å². The molecule has 1 aliphatic rings. The quantitative estimate of drug-likeness (QED) is 0.903. The molecule has 1 aromatic rings. The fourth-order valence-electron chi connectivity index (χ4n) is 2.32. The highest BCUT2D eigenvalue weighted by atomic mass is 19.4. The van der Waals surface area contributed by atoms with E-state index < -0.39 is 11.7 Å². The summed E-state index contributed by atoms with van der Waals surface area (Å²) >= 11 is 0. The zero-order valence-electron chi connectivity index (χ0n) is 11.0. The van der Waals surface area contributed by atoms with Crippen LogP contribution in [0.25, 0.3) is 0 Å². The first kappa shape index (κ1) is 14.7. The molecule has 1 aromatic carbocycles. The highest BCUT2D eigenvalue weighted by Crippen LogP contribution is 2.36. The van der Waals surface area contributed by atoms with E-state index in [1.54, 1.807) is 6.07 Å². The molecule has 1 saturated heterocycles. The molecule has 1 heterocycles. The molecule has 0 saturated carbocycles. The number of rotatable bonds is 2. The third-order valence-electron chi connectivity index (χ3n) is 3.30. The van der Waals surface area contributed by atoms with Crippen molar-refractivity contribution in [1.29, 1.82) is 5.26 Å². The molecule has 20 heavy (non-hydrogen) atoms. The first-order chi connectivity index (χ1) is 9.40. The molecular formula is C14H15F3N2O. The topological polar surface area (TPSA) is 45.0 Å². The average Bonchev–Trinajstić information content (AvgIpc) is 2.38. The monoisotopic (exact) mass is 284 g/mol. The Balaban J connectivity index is 2.25. The number of ether oxygens (including phenoxy) is 1. The fourth-order valence-corrected chi connectivity index (χ4v) is 2.32. The van der Waals surface area contributed by atoms with E-state index in [0.29, 0.717) is 19.4 Å². The van der Waals surface area contributed by atoms with E-state index in [2.05, 4.69) is 5.32 Å². The lowest BCUT2D eigenvalue weighted by Gasteiger charge is -2.29. The molecule has 0 aliphatic carbocycles. The highest BCUT2D eigenvalue weighted by molar-refractivity contribution is 5.56. The van der Waals surface area contributed by atoms with Crippen molar-refractivity contribution in [1.82, 2.24) is 0 Å². The number of anilines is 1. The van der Waals surface area contributed by atoms with Crippen molar-refractivity contribution in [3.05, 3.63) is 29.3 Å². The Bertz CT molecular complexity index is 522. The Labute approximate surface area is 115 Å². The van der Waals surface area contributed by atoms with Crippen molar-refractivity contribution in [3.8, 4) is 6.07 Å². The van der Waals surface area contributed by atoms with Gasteiger partial charge in [-0.15, -0.1) is 0 Å². The van der Waals surface area contributed by atoms with E-state index in [1.807, 2.05) is 6.92 Å². The normalized spacial score (nSPS) is 23.1. The Morgan fingerprint density at radius 1 is 1.40 bits per heavy atom. The van der Waals surface area contributed by atoms with Gasteiger partial charge in [-0.25, -0.2) is 0 Å². The molecule has 0 radical (unpaired) electrons. The smallest absolute Gasteiger partial charge is 0.382 e. The van der Waals surface area contributed by atoms with Gasteiger partial charge in [0.25, 0.3) is 0 Å². The first-order valence-corrected chi connectivity index (χ1v) is 6.39. The summed E-state index contributed by atoms with van der Waals surface area (Å²) in [4.78, 5) is 0. The largest absolute Gasteiger partial charge is 0.418 e. The second-order valence-corrected chi connectivity index (χ2v) is 4.92. The van der Waals surface area contributed by atoms with Crippen LogP contribution < -0.4 is 5.32 Å². The molecule has 2 unspecified atom stereocenters. The Morgan fingerprint density at radius 3 is 2.75 bits per heavy atom. The summed E-state index contributed by atoms with van der Waals surface area (Å²) in [5, 5.41) is 11.6. The van der Waals surface area contributed by atoms with Crippen molar-refractivity contribution in [2.24, 2.45) is 0 Å². The van der Waals surface area contributed by atoms with Crippen LogP contribution in [-0.4, -0.2) is 18.8 Å². The summed E-state index contributed by atoms with van der Waals surface area (Å²) in [6, 6.07) is 5.27. The molecule has 3 nitrogen and oxygen atoms in total. The first-order valence-electron chi connectivity index (χ1n) is 6.39. The van der Waals surface area contributed by atoms with Crippen molar-refractivity contribution in [2.45, 2.75) is 38.1 Å². The Kier molecular flexibility index (Phi) is 4.19. The molecule has 0 bridgehead atoms. The van der Waals surface area contributed by atoms with Crippen molar-refractivity contribution in [3.63, 3.8) is 0 Å². The van der Waals surface area contributed by atoms with Crippen LogP contribution >= 0.6 is 0 Å². The van der Waals surface area contributed by atoms with Crippen molar-refractivity contribution < 1.29 is 17.9 Å². The van der Waals surface area contributed by atoms with Gasteiger partial charge in [-0.2, -0.15) is 18.4 Å². The molecule has 1 aliphatic heterocycles. The summed E-state index contributed by atoms with van der Waals surface area (Å²) in [5.41, 5.74) is -0.769. The SMILES string of the molecule is CC1CC(Nc2ccc(C#N)cc2C(F)(F)F)CCO1. The lowest BCUT2D eigenvalue weighted by Crippen LogP contribution is -2.33. The van der Waals surface area contributed by atoms with Gasteiger partial charge in [-0.05, 0) is 38.0 Å². The van der Waals surface area contributed by atoms with E-state index in [-0.39, 0.29) is 23.4 Å². The van der Waals surface area contributed by atoms with E-state index in [4.69, 9.17) is 10.00 Å². The zero-order chi connectivity index (χ0) is 14.8. The number of halogens is 3. The minimum atomic E-state index is -4.48. The zero-order valence-corrected chi connectivity index (χ0v) is 11.0. The van der Waals surface area contributed by atoms with Gasteiger partial charge in [0.2, 0.25) is 0 Å². The number of alkyl halides is 3. The lowest BCUT2D eigenvalue weighted by molar-refractivity contribution is -0.137. The number of nitrogens with one attached hydrogen (secondary N) is 1. The van der Waals surface area contributed by atoms with Crippen LogP contribution in [0, 0.1) is 11.3 Å². The van der Waals surface area contributed by atoms with Crippen LogP contribution in [-0.2, 0) is 10.9 Å². The summed E-state index contributed by atoms with van der Waals surface area (Å²) in [6.07, 6.45) is -3.11. The number of hydrogen-bond acceptors (Lipinski definition) is 3. The molecule has 0 aromatic heterocycles. The fraction of sp³-hybridized carbons (Fsp3) is 0.500. The van der Waals surface area contributed by atoms with Gasteiger partial charge in [-0.3, -0.25) is 0 Å². The second kappa shape index (κ2) is 5.71. The molecule has 0 spiro atoms. The van der Waals surface area contributed by atoms with E-state index in [1.165, 1.54) is 12.1 Å². The van der Waals surface area contributed by atoms with Crippen molar-refractivity contribution >= 4 is 5.69 Å². The molecule has 6 heteroatoms. The molecule has 108 valence electrons. The molecule has 1 N–H and O–H groups in total. The number of benzene rings is 1. The van der Waals surface area contributed by atoms with Gasteiger partial charge in [0.15, 0.2) is 0 Å². The van der Waals surface area contributed by atoms with Gasteiger partial charge < -0.3 is 10.1 Å². The van der Waals surface area contributed by atoms with Crippen LogP contribution in [0.5, 0.6) is 0 Å². The standard InChI is InChI=1S/C14H15F3N2O/c1-9-6-11(4-5-20-9)19-13-3-2-10(8-18)7-12(13)14(15,16)17/h2-3,7,9,11,19H,4-6H2,1H3. The second-order valence-electron chi connectivity index (χ2n) is 4.92. The number of nitrogens with zero attached hydrogens (tertiary/aromatic N) is 1. The van der Waals surface area contributed by atoms with Crippen LogP contribution in [0.3, 0.4) is 0 Å². The molecule has 1 fully saturated rings. The number of nitriles is 1. The molecule has 0 amide bonds. The van der Waals surface area contributed by atoms with Crippen LogP contribution in [0.1, 0.15) is 30.9 Å². The molecule has 2 atom stereocenters. The van der Waals surface area contributed by atoms with Gasteiger partial charge in [-0.1, -0.05) is 0 Å². The van der Waals surface area contributed by atoms with E-state index >= 15 is 0 Å². The van der Waals surface area contributed by atoms with Gasteiger partial charge in [0.1, 0.15) is 0 Å². The highest BCUT2D eigenvalue weighted by Gasteiger charge is 2.34. The molecule has 2 rings (SSSR count). The maximum atomic E-state index is 13.0. The Hall–Kier alpha value is -1.74. The van der Waals surface area contributed by atoms with E-state index in [0.717, 1.165) is 6.07 Å². The Morgan fingerprint density at radius 2 is 2.15 bits per heavy atom. The van der Waals surface area contributed by atoms with Crippen molar-refractivity contribution in [2.75, 3.05) is 11.9 Å². The van der Waals surface area contributed by atoms with Gasteiger partial charge in [0.05, 0.1) is 23.3 Å². The maximum Gasteiger partial charge on any atom is 0.418 e. The number of hydrogen-bond donors (Lipinski definition) is 1. The predicted octanol–water partition coefficient (Wildman–Crippen LogP) is 3.56. The average molecular weight is 284 g/mol. The third-order valence-corrected chi connectivity index (χ3v) is 3.30. The molecular weight excluding hydrogens is 269 g/mol. The van der Waals surface area contributed by atoms with Crippen LogP contribution in [0.15, 0.2) is 18.2 Å². The summed E-state index contributed by atoms with van der Waals surface area (Å²) < 4.78 is 44.4. The maximum absolute atomic E-state index is 13.0. The third kappa shape index (κ3) is 3.42. The minimum absolute atomic E-state index is 0.00298. The van der Waals surface area contributed by atoms with Gasteiger partial charge >= 0.3 is 6.18 Å². The summed E-state index contributed by atoms with van der Waals surface area (Å²) in [6.45, 7) is 2.44. The summed E-state index contributed by atoms with van der Waals surface area (Å²) in [5.74, 6) is 0. The predicted molar refractivity (Wildman–Crippen MR) is 68.2 cm³/mol. The van der Waals surface area contributed by atoms with E-state index in [9.17, 15) is 13.2 Å². The van der Waals surface area contributed by atoms with Crippen LogP contribution in [0.2, 0.25) is 0 Å². The summed E-state index contributed by atoms with van der Waals surface area (Å²) in [7, 11) is 0. The lowest BCUT2D eigenvalue weighted by atomic mass is 10.0. The van der Waals surface area contributed by atoms with Crippen LogP contribution in [0.4, 0.5) is 18.9 Å². The minimum Gasteiger partial charge on any atom is -0.382 e.